The molecule has 6 heteroatoms. The molecule has 25 heavy (non-hydrogen) atoms. The van der Waals surface area contributed by atoms with Crippen molar-refractivity contribution < 1.29 is 14.3 Å². The average Bonchev–Trinajstić information content (AvgIpc) is 2.66. The predicted molar refractivity (Wildman–Crippen MR) is 95.2 cm³/mol. The van der Waals surface area contributed by atoms with Gasteiger partial charge in [-0.15, -0.1) is 0 Å². The number of rotatable bonds is 7. The van der Waals surface area contributed by atoms with Crippen molar-refractivity contribution in [2.75, 3.05) is 19.5 Å². The highest BCUT2D eigenvalue weighted by molar-refractivity contribution is 6.07. The Morgan fingerprint density at radius 1 is 1.12 bits per heavy atom. The van der Waals surface area contributed by atoms with Gasteiger partial charge in [0.1, 0.15) is 23.1 Å². The Hall–Kier alpha value is -3.46. The van der Waals surface area contributed by atoms with E-state index in [9.17, 15) is 10.1 Å². The van der Waals surface area contributed by atoms with Crippen LogP contribution in [0, 0.1) is 11.3 Å². The van der Waals surface area contributed by atoms with Crippen LogP contribution in [0.25, 0.3) is 0 Å². The van der Waals surface area contributed by atoms with Gasteiger partial charge in [0.05, 0.1) is 19.9 Å². The first-order chi connectivity index (χ1) is 12.2. The number of ether oxygens (including phenoxy) is 2. The van der Waals surface area contributed by atoms with Crippen molar-refractivity contribution in [1.82, 2.24) is 5.32 Å². The van der Waals surface area contributed by atoms with E-state index in [1.807, 2.05) is 30.3 Å². The molecule has 0 fully saturated rings. The highest BCUT2D eigenvalue weighted by atomic mass is 16.5. The lowest BCUT2D eigenvalue weighted by atomic mass is 10.2. The Kier molecular flexibility index (Phi) is 6.43. The quantitative estimate of drug-likeness (QED) is 0.599. The first-order valence-corrected chi connectivity index (χ1v) is 7.59. The van der Waals surface area contributed by atoms with E-state index in [0.29, 0.717) is 18.0 Å². The average molecular weight is 337 g/mol. The molecule has 0 saturated carbocycles. The smallest absolute Gasteiger partial charge is 0.267 e. The molecule has 2 aromatic rings. The summed E-state index contributed by atoms with van der Waals surface area (Å²) in [4.78, 5) is 12.2. The van der Waals surface area contributed by atoms with Gasteiger partial charge in [-0.1, -0.05) is 24.3 Å². The maximum atomic E-state index is 12.2. The van der Waals surface area contributed by atoms with E-state index >= 15 is 0 Å². The van der Waals surface area contributed by atoms with Gasteiger partial charge in [0.25, 0.3) is 5.91 Å². The molecule has 0 aliphatic carbocycles. The second-order valence-electron chi connectivity index (χ2n) is 5.05. The number of carbonyl (C=O) groups excluding carboxylic acids is 1. The second kappa shape index (κ2) is 8.99. The summed E-state index contributed by atoms with van der Waals surface area (Å²) in [5, 5.41) is 14.8. The van der Waals surface area contributed by atoms with E-state index in [4.69, 9.17) is 9.47 Å². The molecule has 0 aliphatic heterocycles. The van der Waals surface area contributed by atoms with E-state index in [-0.39, 0.29) is 5.57 Å². The maximum Gasteiger partial charge on any atom is 0.267 e. The molecular formula is C19H19N3O3. The van der Waals surface area contributed by atoms with Crippen molar-refractivity contribution >= 4 is 11.6 Å². The summed E-state index contributed by atoms with van der Waals surface area (Å²) in [7, 11) is 3.12. The van der Waals surface area contributed by atoms with Crippen molar-refractivity contribution in [3.8, 4) is 17.6 Å². The van der Waals surface area contributed by atoms with E-state index in [1.165, 1.54) is 13.3 Å². The van der Waals surface area contributed by atoms with Gasteiger partial charge in [0.2, 0.25) is 0 Å². The topological polar surface area (TPSA) is 83.4 Å². The Balaban J connectivity index is 1.99. The van der Waals surface area contributed by atoms with Crippen LogP contribution in [0.15, 0.2) is 60.3 Å². The number of nitriles is 1. The zero-order valence-electron chi connectivity index (χ0n) is 14.1. The lowest BCUT2D eigenvalue weighted by Gasteiger charge is -2.09. The number of carbonyl (C=O) groups is 1. The van der Waals surface area contributed by atoms with Gasteiger partial charge in [-0.2, -0.15) is 5.26 Å². The van der Waals surface area contributed by atoms with Crippen LogP contribution in [0.1, 0.15) is 5.56 Å². The SMILES string of the molecule is COc1ccc(CN/C=C(/C#N)C(=O)Nc2ccccc2OC)cc1. The number of hydrogen-bond acceptors (Lipinski definition) is 5. The fourth-order valence-electron chi connectivity index (χ4n) is 2.10. The number of anilines is 1. The fourth-order valence-corrected chi connectivity index (χ4v) is 2.10. The Labute approximate surface area is 146 Å². The Morgan fingerprint density at radius 2 is 1.84 bits per heavy atom. The molecule has 2 rings (SSSR count). The number of methoxy groups -OCH3 is 2. The van der Waals surface area contributed by atoms with Crippen molar-refractivity contribution in [3.63, 3.8) is 0 Å². The number of para-hydroxylation sites is 2. The summed E-state index contributed by atoms with van der Waals surface area (Å²) in [6.07, 6.45) is 1.40. The Morgan fingerprint density at radius 3 is 2.48 bits per heavy atom. The summed E-state index contributed by atoms with van der Waals surface area (Å²) >= 11 is 0. The molecule has 128 valence electrons. The molecule has 0 spiro atoms. The van der Waals surface area contributed by atoms with Gasteiger partial charge in [-0.25, -0.2) is 0 Å². The third kappa shape index (κ3) is 5.01. The second-order valence-corrected chi connectivity index (χ2v) is 5.05. The van der Waals surface area contributed by atoms with E-state index in [0.717, 1.165) is 11.3 Å². The van der Waals surface area contributed by atoms with E-state index in [2.05, 4.69) is 10.6 Å². The lowest BCUT2D eigenvalue weighted by molar-refractivity contribution is -0.112. The van der Waals surface area contributed by atoms with Gasteiger partial charge >= 0.3 is 0 Å². The maximum absolute atomic E-state index is 12.2. The monoisotopic (exact) mass is 337 g/mol. The number of nitrogens with zero attached hydrogens (tertiary/aromatic N) is 1. The minimum Gasteiger partial charge on any atom is -0.497 e. The van der Waals surface area contributed by atoms with Crippen molar-refractivity contribution in [1.29, 1.82) is 5.26 Å². The fraction of sp³-hybridized carbons (Fsp3) is 0.158. The third-order valence-electron chi connectivity index (χ3n) is 3.43. The molecule has 0 aromatic heterocycles. The van der Waals surface area contributed by atoms with Crippen molar-refractivity contribution in [2.24, 2.45) is 0 Å². The van der Waals surface area contributed by atoms with Gasteiger partial charge in [0.15, 0.2) is 0 Å². The molecule has 0 atom stereocenters. The number of amides is 1. The Bertz CT molecular complexity index is 792. The summed E-state index contributed by atoms with van der Waals surface area (Å²) < 4.78 is 10.3. The molecular weight excluding hydrogens is 318 g/mol. The van der Waals surface area contributed by atoms with E-state index < -0.39 is 5.91 Å². The molecule has 2 aromatic carbocycles. The number of nitrogens with one attached hydrogen (secondary N) is 2. The number of hydrogen-bond donors (Lipinski definition) is 2. The zero-order valence-corrected chi connectivity index (χ0v) is 14.1. The van der Waals surface area contributed by atoms with Crippen LogP contribution in [-0.2, 0) is 11.3 Å². The van der Waals surface area contributed by atoms with E-state index in [1.54, 1.807) is 31.4 Å². The van der Waals surface area contributed by atoms with Gasteiger partial charge in [-0.05, 0) is 29.8 Å². The van der Waals surface area contributed by atoms with Crippen LogP contribution in [0.3, 0.4) is 0 Å². The molecule has 0 radical (unpaired) electrons. The van der Waals surface area contributed by atoms with Crippen LogP contribution in [-0.4, -0.2) is 20.1 Å². The van der Waals surface area contributed by atoms with Crippen molar-refractivity contribution in [2.45, 2.75) is 6.54 Å². The van der Waals surface area contributed by atoms with Crippen LogP contribution in [0.5, 0.6) is 11.5 Å². The van der Waals surface area contributed by atoms with Crippen LogP contribution < -0.4 is 20.1 Å². The molecule has 0 unspecified atom stereocenters. The zero-order chi connectivity index (χ0) is 18.1. The molecule has 6 nitrogen and oxygen atoms in total. The lowest BCUT2D eigenvalue weighted by Crippen LogP contribution is -2.17. The number of benzene rings is 2. The molecule has 0 saturated heterocycles. The summed E-state index contributed by atoms with van der Waals surface area (Å²) in [5.41, 5.74) is 1.48. The standard InChI is InChI=1S/C19H19N3O3/c1-24-16-9-7-14(8-10-16)12-21-13-15(11-20)19(23)22-17-5-3-4-6-18(17)25-2/h3-10,13,21H,12H2,1-2H3,(H,22,23)/b15-13-. The molecule has 2 N–H and O–H groups in total. The van der Waals surface area contributed by atoms with Gasteiger partial charge < -0.3 is 20.1 Å². The first-order valence-electron chi connectivity index (χ1n) is 7.59. The minimum absolute atomic E-state index is 0.0283. The third-order valence-corrected chi connectivity index (χ3v) is 3.43. The van der Waals surface area contributed by atoms with Crippen LogP contribution in [0.2, 0.25) is 0 Å². The first kappa shape index (κ1) is 17.9. The predicted octanol–water partition coefficient (Wildman–Crippen LogP) is 2.84. The molecule has 1 amide bonds. The van der Waals surface area contributed by atoms with Gasteiger partial charge in [-0.3, -0.25) is 4.79 Å². The summed E-state index contributed by atoms with van der Waals surface area (Å²) in [6, 6.07) is 16.4. The van der Waals surface area contributed by atoms with Gasteiger partial charge in [0, 0.05) is 12.7 Å². The highest BCUT2D eigenvalue weighted by Gasteiger charge is 2.11. The minimum atomic E-state index is -0.505. The molecule has 0 aliphatic rings. The van der Waals surface area contributed by atoms with Crippen molar-refractivity contribution in [3.05, 3.63) is 65.9 Å². The largest absolute Gasteiger partial charge is 0.497 e. The normalized spacial score (nSPS) is 10.5. The molecule has 0 bridgehead atoms. The summed E-state index contributed by atoms with van der Waals surface area (Å²) in [5.74, 6) is 0.793. The highest BCUT2D eigenvalue weighted by Crippen LogP contribution is 2.23. The summed E-state index contributed by atoms with van der Waals surface area (Å²) in [6.45, 7) is 0.483. The molecule has 0 heterocycles. The van der Waals surface area contributed by atoms with Crippen LogP contribution >= 0.6 is 0 Å². The van der Waals surface area contributed by atoms with Crippen LogP contribution in [0.4, 0.5) is 5.69 Å².